The number of ether oxygens (including phenoxy) is 2. The molecule has 1 amide bonds. The van der Waals surface area contributed by atoms with Crippen LogP contribution in [0.4, 0.5) is 5.69 Å². The van der Waals surface area contributed by atoms with Crippen molar-refractivity contribution in [3.05, 3.63) is 65.7 Å². The van der Waals surface area contributed by atoms with Gasteiger partial charge in [0.2, 0.25) is 5.91 Å². The summed E-state index contributed by atoms with van der Waals surface area (Å²) in [5.41, 5.74) is 2.99. The fourth-order valence-corrected chi connectivity index (χ4v) is 4.46. The van der Waals surface area contributed by atoms with E-state index in [0.717, 1.165) is 44.6 Å². The second-order valence-corrected chi connectivity index (χ2v) is 10.5. The van der Waals surface area contributed by atoms with E-state index in [1.807, 2.05) is 71.9 Å². The van der Waals surface area contributed by atoms with Gasteiger partial charge in [0.15, 0.2) is 0 Å². The fraction of sp³-hybridized carbons (Fsp3) is 0.548. The van der Waals surface area contributed by atoms with Crippen LogP contribution in [0.15, 0.2) is 54.6 Å². The second-order valence-electron chi connectivity index (χ2n) is 10.5. The van der Waals surface area contributed by atoms with Gasteiger partial charge in [-0.1, -0.05) is 61.9 Å². The highest BCUT2D eigenvalue weighted by molar-refractivity contribution is 5.95. The van der Waals surface area contributed by atoms with E-state index in [4.69, 9.17) is 4.74 Å². The number of hydrogen-bond acceptors (Lipinski definition) is 6. The number of amides is 1. The first-order valence-electron chi connectivity index (χ1n) is 13.9. The van der Waals surface area contributed by atoms with Crippen LogP contribution in [-0.4, -0.2) is 55.9 Å². The van der Waals surface area contributed by atoms with Gasteiger partial charge in [-0.25, -0.2) is 0 Å². The molecular weight excluding hydrogens is 478 g/mol. The van der Waals surface area contributed by atoms with E-state index >= 15 is 0 Å². The lowest BCUT2D eigenvalue weighted by Crippen LogP contribution is -2.56. The maximum atomic E-state index is 13.1. The number of benzene rings is 2. The van der Waals surface area contributed by atoms with E-state index in [0.29, 0.717) is 12.4 Å². The molecule has 0 radical (unpaired) electrons. The van der Waals surface area contributed by atoms with Crippen molar-refractivity contribution in [1.29, 1.82) is 0 Å². The Morgan fingerprint density at radius 3 is 2.18 bits per heavy atom. The van der Waals surface area contributed by atoms with Gasteiger partial charge in [0.25, 0.3) is 6.47 Å². The molecule has 4 rings (SSSR count). The smallest absolute Gasteiger partial charge is 0.293 e. The lowest BCUT2D eigenvalue weighted by molar-refractivity contribution is -0.138. The van der Waals surface area contributed by atoms with Crippen LogP contribution in [0.2, 0.25) is 0 Å². The van der Waals surface area contributed by atoms with E-state index in [2.05, 4.69) is 45.0 Å². The Labute approximate surface area is 229 Å². The first kappa shape index (κ1) is 31.5. The van der Waals surface area contributed by atoms with Crippen molar-refractivity contribution in [3.8, 4) is 0 Å². The van der Waals surface area contributed by atoms with Crippen molar-refractivity contribution >= 4 is 18.1 Å². The zero-order valence-corrected chi connectivity index (χ0v) is 24.0. The molecule has 2 saturated heterocycles. The normalized spacial score (nSPS) is 21.6. The van der Waals surface area contributed by atoms with Gasteiger partial charge in [0, 0.05) is 12.2 Å². The average molecular weight is 526 g/mol. The molecule has 3 unspecified atom stereocenters. The summed E-state index contributed by atoms with van der Waals surface area (Å²) in [5, 5.41) is 9.94. The summed E-state index contributed by atoms with van der Waals surface area (Å²) in [6.45, 7) is 14.7. The van der Waals surface area contributed by atoms with Gasteiger partial charge in [-0.2, -0.15) is 0 Å². The Hall–Kier alpha value is -2.74. The van der Waals surface area contributed by atoms with Crippen molar-refractivity contribution in [2.24, 2.45) is 0 Å². The molecule has 0 saturated carbocycles. The molecule has 0 aromatic heterocycles. The molecule has 0 spiro atoms. The highest BCUT2D eigenvalue weighted by atomic mass is 16.5. The summed E-state index contributed by atoms with van der Waals surface area (Å²) in [4.78, 5) is 22.7. The SMILES string of the molecule is CC.CC(C)(C)OC=O.Cc1ccc(NC(=O)C2NCC(c3ccccc3)CC2OC2CCNCC2)cc1. The Kier molecular flexibility index (Phi) is 13.5. The molecule has 0 aliphatic carbocycles. The van der Waals surface area contributed by atoms with Crippen LogP contribution in [0.25, 0.3) is 0 Å². The highest BCUT2D eigenvalue weighted by Crippen LogP contribution is 2.29. The van der Waals surface area contributed by atoms with Crippen molar-refractivity contribution in [2.75, 3.05) is 25.0 Å². The number of carbonyl (C=O) groups is 2. The van der Waals surface area contributed by atoms with Crippen LogP contribution in [0.3, 0.4) is 0 Å². The summed E-state index contributed by atoms with van der Waals surface area (Å²) in [6, 6.07) is 18.1. The van der Waals surface area contributed by atoms with Gasteiger partial charge in [0.05, 0.1) is 12.2 Å². The first-order valence-corrected chi connectivity index (χ1v) is 13.9. The highest BCUT2D eigenvalue weighted by Gasteiger charge is 2.37. The average Bonchev–Trinajstić information content (AvgIpc) is 2.92. The zero-order chi connectivity index (χ0) is 28.0. The zero-order valence-electron chi connectivity index (χ0n) is 24.0. The Balaban J connectivity index is 0.000000491. The van der Waals surface area contributed by atoms with Gasteiger partial charge >= 0.3 is 0 Å². The van der Waals surface area contributed by atoms with E-state index in [9.17, 15) is 9.59 Å². The minimum atomic E-state index is -0.342. The summed E-state index contributed by atoms with van der Waals surface area (Å²) < 4.78 is 11.1. The van der Waals surface area contributed by atoms with Gasteiger partial charge < -0.3 is 25.4 Å². The lowest BCUT2D eigenvalue weighted by atomic mass is 9.86. The molecule has 38 heavy (non-hydrogen) atoms. The molecule has 2 aliphatic rings. The summed E-state index contributed by atoms with van der Waals surface area (Å²) in [6.07, 6.45) is 2.93. The number of nitrogens with one attached hydrogen (secondary N) is 3. The fourth-order valence-electron chi connectivity index (χ4n) is 4.46. The maximum Gasteiger partial charge on any atom is 0.293 e. The van der Waals surface area contributed by atoms with Gasteiger partial charge in [0.1, 0.15) is 11.6 Å². The Morgan fingerprint density at radius 1 is 1.00 bits per heavy atom. The maximum absolute atomic E-state index is 13.1. The summed E-state index contributed by atoms with van der Waals surface area (Å²) in [7, 11) is 0. The lowest BCUT2D eigenvalue weighted by Gasteiger charge is -2.39. The minimum Gasteiger partial charge on any atom is -0.462 e. The summed E-state index contributed by atoms with van der Waals surface area (Å²) in [5.74, 6) is 0.339. The third-order valence-corrected chi connectivity index (χ3v) is 6.40. The van der Waals surface area contributed by atoms with E-state index in [1.165, 1.54) is 11.1 Å². The Bertz CT molecular complexity index is 938. The van der Waals surface area contributed by atoms with Crippen LogP contribution in [0.5, 0.6) is 0 Å². The van der Waals surface area contributed by atoms with Crippen LogP contribution in [0.1, 0.15) is 70.9 Å². The third-order valence-electron chi connectivity index (χ3n) is 6.40. The number of piperidine rings is 2. The van der Waals surface area contributed by atoms with E-state index in [1.54, 1.807) is 0 Å². The van der Waals surface area contributed by atoms with E-state index in [-0.39, 0.29) is 29.8 Å². The monoisotopic (exact) mass is 525 g/mol. The number of carbonyl (C=O) groups excluding carboxylic acids is 2. The van der Waals surface area contributed by atoms with Crippen molar-refractivity contribution < 1.29 is 19.1 Å². The summed E-state index contributed by atoms with van der Waals surface area (Å²) >= 11 is 0. The van der Waals surface area contributed by atoms with Crippen LogP contribution in [0, 0.1) is 6.92 Å². The van der Waals surface area contributed by atoms with Crippen LogP contribution >= 0.6 is 0 Å². The topological polar surface area (TPSA) is 88.7 Å². The molecule has 3 atom stereocenters. The largest absolute Gasteiger partial charge is 0.462 e. The van der Waals surface area contributed by atoms with Gasteiger partial charge in [-0.3, -0.25) is 9.59 Å². The molecule has 210 valence electrons. The number of rotatable bonds is 6. The number of aryl methyl sites for hydroxylation is 1. The molecular formula is C31H47N3O4. The van der Waals surface area contributed by atoms with Crippen molar-refractivity contribution in [2.45, 2.75) is 90.6 Å². The number of anilines is 1. The molecule has 2 heterocycles. The molecule has 2 aromatic carbocycles. The molecule has 2 fully saturated rings. The molecule has 2 aliphatic heterocycles. The molecule has 3 N–H and O–H groups in total. The van der Waals surface area contributed by atoms with Crippen molar-refractivity contribution in [1.82, 2.24) is 10.6 Å². The molecule has 2 aromatic rings. The second kappa shape index (κ2) is 16.3. The van der Waals surface area contributed by atoms with Crippen molar-refractivity contribution in [3.63, 3.8) is 0 Å². The quantitative estimate of drug-likeness (QED) is 0.449. The molecule has 7 nitrogen and oxygen atoms in total. The van der Waals surface area contributed by atoms with Crippen LogP contribution in [-0.2, 0) is 19.1 Å². The van der Waals surface area contributed by atoms with Gasteiger partial charge in [-0.15, -0.1) is 0 Å². The van der Waals surface area contributed by atoms with Crippen LogP contribution < -0.4 is 16.0 Å². The molecule has 0 bridgehead atoms. The first-order chi connectivity index (χ1) is 18.2. The molecule has 7 heteroatoms. The van der Waals surface area contributed by atoms with Gasteiger partial charge in [-0.05, 0) is 83.7 Å². The predicted octanol–water partition coefficient (Wildman–Crippen LogP) is 5.20. The minimum absolute atomic E-state index is 0.0145. The van der Waals surface area contributed by atoms with E-state index < -0.39 is 0 Å². The third kappa shape index (κ3) is 10.9. The standard InChI is InChI=1S/C24H31N3O2.C5H10O2.C2H6/c1-17-7-9-20(10-8-17)27-24(28)23-22(29-21-11-13-25-14-12-21)15-19(16-26-23)18-5-3-2-4-6-18;1-5(2,3)7-4-6;1-2/h2-10,19,21-23,25-26H,11-16H2,1H3,(H,27,28);4H,1-3H3;1-2H3. The Morgan fingerprint density at radius 2 is 1.63 bits per heavy atom. The predicted molar refractivity (Wildman–Crippen MR) is 154 cm³/mol. The number of hydrogen-bond donors (Lipinski definition) is 3.